The molecular formula is C19H22N2O3. The Balaban J connectivity index is 2.15. The standard InChI is InChI=1S/C19H22N2O3/c1-12-7-13(2)9-15(8-12)19(23)21-17(18(20)22)11-14-5-4-6-16(10-14)24-3/h4-10,17H,11H2,1-3H3,(H2,20,22)(H,21,23)/t17-/m0/s1. The zero-order chi connectivity index (χ0) is 17.7. The second-order valence-corrected chi connectivity index (χ2v) is 5.86. The molecule has 2 rings (SSSR count). The van der Waals surface area contributed by atoms with Crippen molar-refractivity contribution in [2.24, 2.45) is 5.73 Å². The highest BCUT2D eigenvalue weighted by atomic mass is 16.5. The summed E-state index contributed by atoms with van der Waals surface area (Å²) in [6, 6.07) is 12.1. The van der Waals surface area contributed by atoms with Crippen LogP contribution in [0.4, 0.5) is 0 Å². The van der Waals surface area contributed by atoms with E-state index in [9.17, 15) is 9.59 Å². The largest absolute Gasteiger partial charge is 0.497 e. The van der Waals surface area contributed by atoms with Crippen LogP contribution in [0, 0.1) is 13.8 Å². The minimum Gasteiger partial charge on any atom is -0.497 e. The average Bonchev–Trinajstić information content (AvgIpc) is 2.53. The maximum Gasteiger partial charge on any atom is 0.251 e. The quantitative estimate of drug-likeness (QED) is 0.853. The topological polar surface area (TPSA) is 81.4 Å². The number of aryl methyl sites for hydroxylation is 2. The van der Waals surface area contributed by atoms with E-state index in [0.717, 1.165) is 16.7 Å². The maximum atomic E-state index is 12.4. The molecule has 0 spiro atoms. The van der Waals surface area contributed by atoms with Gasteiger partial charge in [0, 0.05) is 12.0 Å². The first-order valence-electron chi connectivity index (χ1n) is 7.70. The van der Waals surface area contributed by atoms with Crippen LogP contribution >= 0.6 is 0 Å². The van der Waals surface area contributed by atoms with Gasteiger partial charge >= 0.3 is 0 Å². The Morgan fingerprint density at radius 2 is 1.79 bits per heavy atom. The van der Waals surface area contributed by atoms with E-state index in [2.05, 4.69) is 5.32 Å². The Kier molecular flexibility index (Phi) is 5.58. The van der Waals surface area contributed by atoms with Gasteiger partial charge in [0.1, 0.15) is 11.8 Å². The lowest BCUT2D eigenvalue weighted by Gasteiger charge is -2.16. The molecule has 0 unspecified atom stereocenters. The van der Waals surface area contributed by atoms with Crippen molar-refractivity contribution in [2.45, 2.75) is 26.3 Å². The highest BCUT2D eigenvalue weighted by molar-refractivity contribution is 5.97. The lowest BCUT2D eigenvalue weighted by atomic mass is 10.0. The number of amides is 2. The number of primary amides is 1. The number of benzene rings is 2. The summed E-state index contributed by atoms with van der Waals surface area (Å²) in [6.45, 7) is 3.84. The molecule has 0 heterocycles. The third-order valence-corrected chi connectivity index (χ3v) is 3.71. The molecule has 0 aliphatic heterocycles. The van der Waals surface area contributed by atoms with Crippen molar-refractivity contribution in [2.75, 3.05) is 7.11 Å². The SMILES string of the molecule is COc1cccc(C[C@H](NC(=O)c2cc(C)cc(C)c2)C(N)=O)c1. The minimum atomic E-state index is -0.787. The molecular weight excluding hydrogens is 304 g/mol. The van der Waals surface area contributed by atoms with Gasteiger partial charge in [-0.2, -0.15) is 0 Å². The summed E-state index contributed by atoms with van der Waals surface area (Å²) in [6.07, 6.45) is 0.309. The van der Waals surface area contributed by atoms with Crippen molar-refractivity contribution in [1.82, 2.24) is 5.32 Å². The average molecular weight is 326 g/mol. The fraction of sp³-hybridized carbons (Fsp3) is 0.263. The van der Waals surface area contributed by atoms with E-state index >= 15 is 0 Å². The van der Waals surface area contributed by atoms with Crippen LogP contribution in [0.25, 0.3) is 0 Å². The molecule has 0 radical (unpaired) electrons. The fourth-order valence-corrected chi connectivity index (χ4v) is 2.61. The predicted octanol–water partition coefficient (Wildman–Crippen LogP) is 2.14. The van der Waals surface area contributed by atoms with Crippen LogP contribution < -0.4 is 15.8 Å². The van der Waals surface area contributed by atoms with E-state index in [1.165, 1.54) is 0 Å². The molecule has 0 saturated carbocycles. The summed E-state index contributed by atoms with van der Waals surface area (Å²) in [4.78, 5) is 24.2. The van der Waals surface area contributed by atoms with Crippen molar-refractivity contribution >= 4 is 11.8 Å². The van der Waals surface area contributed by atoms with E-state index in [0.29, 0.717) is 17.7 Å². The monoisotopic (exact) mass is 326 g/mol. The predicted molar refractivity (Wildman–Crippen MR) is 93.1 cm³/mol. The summed E-state index contributed by atoms with van der Waals surface area (Å²) in [5, 5.41) is 2.72. The van der Waals surface area contributed by atoms with E-state index in [1.807, 2.05) is 44.2 Å². The third-order valence-electron chi connectivity index (χ3n) is 3.71. The zero-order valence-corrected chi connectivity index (χ0v) is 14.1. The Morgan fingerprint density at radius 1 is 1.12 bits per heavy atom. The van der Waals surface area contributed by atoms with Crippen LogP contribution in [0.1, 0.15) is 27.0 Å². The zero-order valence-electron chi connectivity index (χ0n) is 14.1. The smallest absolute Gasteiger partial charge is 0.251 e. The van der Waals surface area contributed by atoms with Crippen LogP contribution in [0.15, 0.2) is 42.5 Å². The summed E-state index contributed by atoms with van der Waals surface area (Å²) >= 11 is 0. The Morgan fingerprint density at radius 3 is 2.38 bits per heavy atom. The summed E-state index contributed by atoms with van der Waals surface area (Å²) in [5.41, 5.74) is 8.81. The molecule has 24 heavy (non-hydrogen) atoms. The Labute approximate surface area is 141 Å². The number of hydrogen-bond acceptors (Lipinski definition) is 3. The molecule has 0 saturated heterocycles. The highest BCUT2D eigenvalue weighted by Gasteiger charge is 2.20. The van der Waals surface area contributed by atoms with Crippen LogP contribution in [0.3, 0.4) is 0 Å². The number of ether oxygens (including phenoxy) is 1. The van der Waals surface area contributed by atoms with Crippen LogP contribution in [0.5, 0.6) is 5.75 Å². The van der Waals surface area contributed by atoms with E-state index in [-0.39, 0.29) is 5.91 Å². The molecule has 0 fully saturated rings. The third kappa shape index (κ3) is 4.59. The van der Waals surface area contributed by atoms with Gasteiger partial charge < -0.3 is 15.8 Å². The summed E-state index contributed by atoms with van der Waals surface area (Å²) in [5.74, 6) is -0.194. The molecule has 0 aliphatic carbocycles. The molecule has 126 valence electrons. The number of nitrogens with one attached hydrogen (secondary N) is 1. The first-order valence-corrected chi connectivity index (χ1v) is 7.70. The van der Waals surface area contributed by atoms with Crippen molar-refractivity contribution in [1.29, 1.82) is 0 Å². The minimum absolute atomic E-state index is 0.309. The number of nitrogens with two attached hydrogens (primary N) is 1. The van der Waals surface area contributed by atoms with Crippen LogP contribution in [0.2, 0.25) is 0 Å². The van der Waals surface area contributed by atoms with E-state index in [4.69, 9.17) is 10.5 Å². The van der Waals surface area contributed by atoms with Gasteiger partial charge in [0.2, 0.25) is 5.91 Å². The molecule has 0 bridgehead atoms. The van der Waals surface area contributed by atoms with Gasteiger partial charge in [-0.1, -0.05) is 29.3 Å². The van der Waals surface area contributed by atoms with Crippen LogP contribution in [-0.4, -0.2) is 25.0 Å². The second-order valence-electron chi connectivity index (χ2n) is 5.86. The van der Waals surface area contributed by atoms with Crippen molar-refractivity contribution < 1.29 is 14.3 Å². The first kappa shape index (κ1) is 17.5. The molecule has 1 atom stereocenters. The van der Waals surface area contributed by atoms with E-state index in [1.54, 1.807) is 19.2 Å². The molecule has 0 aliphatic rings. The lowest BCUT2D eigenvalue weighted by Crippen LogP contribution is -2.45. The molecule has 0 aromatic heterocycles. The van der Waals surface area contributed by atoms with Gasteiger partial charge in [-0.15, -0.1) is 0 Å². The molecule has 5 nitrogen and oxygen atoms in total. The van der Waals surface area contributed by atoms with Gasteiger partial charge in [0.15, 0.2) is 0 Å². The van der Waals surface area contributed by atoms with Crippen molar-refractivity contribution in [3.8, 4) is 5.75 Å². The number of methoxy groups -OCH3 is 1. The molecule has 2 amide bonds. The van der Waals surface area contributed by atoms with Gasteiger partial charge in [0.05, 0.1) is 7.11 Å². The summed E-state index contributed by atoms with van der Waals surface area (Å²) < 4.78 is 5.17. The molecule has 2 aromatic carbocycles. The van der Waals surface area contributed by atoms with E-state index < -0.39 is 11.9 Å². The number of rotatable bonds is 6. The van der Waals surface area contributed by atoms with Gasteiger partial charge in [-0.25, -0.2) is 0 Å². The molecule has 5 heteroatoms. The van der Waals surface area contributed by atoms with Crippen molar-refractivity contribution in [3.63, 3.8) is 0 Å². The Bertz CT molecular complexity index is 736. The first-order chi connectivity index (χ1) is 11.4. The number of carbonyl (C=O) groups excluding carboxylic acids is 2. The van der Waals surface area contributed by atoms with Gasteiger partial charge in [-0.05, 0) is 43.7 Å². The number of hydrogen-bond donors (Lipinski definition) is 2. The van der Waals surface area contributed by atoms with Crippen LogP contribution in [-0.2, 0) is 11.2 Å². The second kappa shape index (κ2) is 7.64. The molecule has 3 N–H and O–H groups in total. The fourth-order valence-electron chi connectivity index (χ4n) is 2.61. The number of carbonyl (C=O) groups is 2. The maximum absolute atomic E-state index is 12.4. The molecule has 2 aromatic rings. The Hall–Kier alpha value is -2.82. The highest BCUT2D eigenvalue weighted by Crippen LogP contribution is 2.15. The van der Waals surface area contributed by atoms with Gasteiger partial charge in [0.25, 0.3) is 5.91 Å². The van der Waals surface area contributed by atoms with Gasteiger partial charge in [-0.3, -0.25) is 9.59 Å². The van der Waals surface area contributed by atoms with Crippen molar-refractivity contribution in [3.05, 3.63) is 64.7 Å². The lowest BCUT2D eigenvalue weighted by molar-refractivity contribution is -0.119. The summed E-state index contributed by atoms with van der Waals surface area (Å²) in [7, 11) is 1.58. The normalized spacial score (nSPS) is 11.6.